The van der Waals surface area contributed by atoms with Crippen molar-refractivity contribution in [2.75, 3.05) is 0 Å². The Kier molecular flexibility index (Phi) is 5.53. The van der Waals surface area contributed by atoms with Crippen LogP contribution in [-0.2, 0) is 6.54 Å². The molecule has 0 fully saturated rings. The third kappa shape index (κ3) is 4.06. The van der Waals surface area contributed by atoms with Crippen molar-refractivity contribution in [2.24, 2.45) is 4.99 Å². The van der Waals surface area contributed by atoms with Crippen LogP contribution in [0.4, 0.5) is 5.69 Å². The molecular formula is C25H24N2O3. The van der Waals surface area contributed by atoms with Gasteiger partial charge in [-0.1, -0.05) is 44.2 Å². The summed E-state index contributed by atoms with van der Waals surface area (Å²) in [5, 5.41) is 10.1. The van der Waals surface area contributed by atoms with E-state index in [1.165, 1.54) is 11.6 Å². The monoisotopic (exact) mass is 400 g/mol. The van der Waals surface area contributed by atoms with Crippen molar-refractivity contribution >= 4 is 28.8 Å². The molecule has 0 amide bonds. The molecule has 0 bridgehead atoms. The first-order valence-electron chi connectivity index (χ1n) is 10.1. The van der Waals surface area contributed by atoms with Gasteiger partial charge >= 0.3 is 5.97 Å². The quantitative estimate of drug-likeness (QED) is 0.373. The van der Waals surface area contributed by atoms with Crippen LogP contribution < -0.4 is 0 Å². The van der Waals surface area contributed by atoms with Crippen LogP contribution in [0.3, 0.4) is 0 Å². The van der Waals surface area contributed by atoms with Gasteiger partial charge in [-0.15, -0.1) is 0 Å². The van der Waals surface area contributed by atoms with Gasteiger partial charge in [-0.2, -0.15) is 0 Å². The lowest BCUT2D eigenvalue weighted by Gasteiger charge is -2.08. The number of benzene rings is 2. The first kappa shape index (κ1) is 19.7. The lowest BCUT2D eigenvalue weighted by atomic mass is 9.99. The van der Waals surface area contributed by atoms with E-state index >= 15 is 0 Å². The van der Waals surface area contributed by atoms with Crippen molar-refractivity contribution < 1.29 is 14.3 Å². The zero-order chi connectivity index (χ0) is 21.1. The van der Waals surface area contributed by atoms with Crippen molar-refractivity contribution in [3.63, 3.8) is 0 Å². The molecule has 5 heteroatoms. The van der Waals surface area contributed by atoms with Gasteiger partial charge in [0.15, 0.2) is 0 Å². The minimum Gasteiger partial charge on any atom is -0.475 e. The average molecular weight is 400 g/mol. The minimum absolute atomic E-state index is 0.0518. The largest absolute Gasteiger partial charge is 0.475 e. The van der Waals surface area contributed by atoms with E-state index in [1.54, 1.807) is 6.07 Å². The second-order valence-electron chi connectivity index (χ2n) is 7.46. The van der Waals surface area contributed by atoms with Crippen LogP contribution in [0, 0.1) is 0 Å². The average Bonchev–Trinajstić information content (AvgIpc) is 3.38. The number of furan rings is 1. The van der Waals surface area contributed by atoms with Crippen molar-refractivity contribution in [3.8, 4) is 0 Å². The number of aliphatic imine (C=N–C) groups is 1. The fourth-order valence-corrected chi connectivity index (χ4v) is 3.52. The maximum Gasteiger partial charge on any atom is 0.371 e. The standard InChI is InChI=1S/C25H24N2O3/c1-3-17(2)18-8-10-20(11-9-18)26-14-19-15-27(23-7-5-4-6-22(19)23)16-21-12-13-24(30-21)25(28)29/h4-15,17H,3,16H2,1-2H3,(H,28,29)/t17-/m0/s1. The van der Waals surface area contributed by atoms with Crippen molar-refractivity contribution in [3.05, 3.63) is 89.5 Å². The molecule has 0 radical (unpaired) electrons. The van der Waals surface area contributed by atoms with Crippen LogP contribution in [0.5, 0.6) is 0 Å². The summed E-state index contributed by atoms with van der Waals surface area (Å²) in [4.78, 5) is 15.7. The zero-order valence-corrected chi connectivity index (χ0v) is 17.1. The van der Waals surface area contributed by atoms with Gasteiger partial charge in [0.2, 0.25) is 5.76 Å². The van der Waals surface area contributed by atoms with Crippen molar-refractivity contribution in [1.82, 2.24) is 4.57 Å². The molecule has 30 heavy (non-hydrogen) atoms. The SMILES string of the molecule is CC[C@H](C)c1ccc(N=Cc2cn(Cc3ccc(C(=O)O)o3)c3ccccc23)cc1. The van der Waals surface area contributed by atoms with E-state index in [9.17, 15) is 4.79 Å². The highest BCUT2D eigenvalue weighted by Gasteiger charge is 2.12. The summed E-state index contributed by atoms with van der Waals surface area (Å²) < 4.78 is 7.47. The fourth-order valence-electron chi connectivity index (χ4n) is 3.52. The Bertz CT molecular complexity index is 1200. The zero-order valence-electron chi connectivity index (χ0n) is 17.1. The van der Waals surface area contributed by atoms with E-state index in [2.05, 4.69) is 37.0 Å². The summed E-state index contributed by atoms with van der Waals surface area (Å²) in [7, 11) is 0. The van der Waals surface area contributed by atoms with Gasteiger partial charge in [0.25, 0.3) is 0 Å². The van der Waals surface area contributed by atoms with Crippen molar-refractivity contribution in [1.29, 1.82) is 0 Å². The third-order valence-corrected chi connectivity index (χ3v) is 5.45. The molecule has 0 saturated heterocycles. The van der Waals surface area contributed by atoms with Crippen LogP contribution >= 0.6 is 0 Å². The van der Waals surface area contributed by atoms with Crippen LogP contribution in [0.25, 0.3) is 10.9 Å². The van der Waals surface area contributed by atoms with E-state index in [0.717, 1.165) is 28.6 Å². The summed E-state index contributed by atoms with van der Waals surface area (Å²) in [5.41, 5.74) is 4.28. The van der Waals surface area contributed by atoms with Crippen LogP contribution in [0.1, 0.15) is 53.6 Å². The Morgan fingerprint density at radius 2 is 1.90 bits per heavy atom. The highest BCUT2D eigenvalue weighted by Crippen LogP contribution is 2.24. The van der Waals surface area contributed by atoms with Gasteiger partial charge < -0.3 is 14.1 Å². The molecule has 2 aromatic heterocycles. The Morgan fingerprint density at radius 3 is 2.60 bits per heavy atom. The van der Waals surface area contributed by atoms with Gasteiger partial charge in [0.05, 0.1) is 12.2 Å². The summed E-state index contributed by atoms with van der Waals surface area (Å²) in [6.45, 7) is 4.87. The van der Waals surface area contributed by atoms with Gasteiger partial charge in [-0.3, -0.25) is 4.99 Å². The van der Waals surface area contributed by atoms with Crippen LogP contribution in [0.2, 0.25) is 0 Å². The first-order valence-corrected chi connectivity index (χ1v) is 10.1. The highest BCUT2D eigenvalue weighted by atomic mass is 16.4. The Balaban J connectivity index is 1.61. The molecule has 2 heterocycles. The molecule has 0 aliphatic rings. The first-order chi connectivity index (χ1) is 14.5. The maximum atomic E-state index is 11.1. The lowest BCUT2D eigenvalue weighted by molar-refractivity contribution is 0.0660. The number of hydrogen-bond donors (Lipinski definition) is 1. The second kappa shape index (κ2) is 8.41. The third-order valence-electron chi connectivity index (χ3n) is 5.45. The normalized spacial score (nSPS) is 12.6. The molecule has 1 atom stereocenters. The number of aromatic carboxylic acids is 1. The molecule has 0 aliphatic heterocycles. The molecule has 0 spiro atoms. The van der Waals surface area contributed by atoms with E-state index in [0.29, 0.717) is 18.2 Å². The smallest absolute Gasteiger partial charge is 0.371 e. The van der Waals surface area contributed by atoms with Gasteiger partial charge in [0.1, 0.15) is 5.76 Å². The molecule has 0 unspecified atom stereocenters. The summed E-state index contributed by atoms with van der Waals surface area (Å²) in [6, 6.07) is 19.6. The molecule has 0 aliphatic carbocycles. The topological polar surface area (TPSA) is 67.7 Å². The summed E-state index contributed by atoms with van der Waals surface area (Å²) in [6.07, 6.45) is 5.01. The minimum atomic E-state index is -1.06. The molecule has 5 nitrogen and oxygen atoms in total. The molecule has 2 aromatic carbocycles. The predicted molar refractivity (Wildman–Crippen MR) is 119 cm³/mol. The van der Waals surface area contributed by atoms with Gasteiger partial charge in [-0.25, -0.2) is 4.79 Å². The fraction of sp³-hybridized carbons (Fsp3) is 0.200. The summed E-state index contributed by atoms with van der Waals surface area (Å²) >= 11 is 0. The highest BCUT2D eigenvalue weighted by molar-refractivity contribution is 6.00. The Morgan fingerprint density at radius 1 is 1.13 bits per heavy atom. The molecule has 0 saturated carbocycles. The maximum absolute atomic E-state index is 11.1. The number of carboxylic acids is 1. The molecular weight excluding hydrogens is 376 g/mol. The van der Waals surface area contributed by atoms with E-state index in [-0.39, 0.29) is 5.76 Å². The van der Waals surface area contributed by atoms with Crippen molar-refractivity contribution in [2.45, 2.75) is 32.7 Å². The number of carboxylic acid groups (broad SMARTS) is 1. The van der Waals surface area contributed by atoms with E-state index < -0.39 is 5.97 Å². The number of fused-ring (bicyclic) bond motifs is 1. The number of para-hydroxylation sites is 1. The van der Waals surface area contributed by atoms with E-state index in [1.807, 2.05) is 47.3 Å². The molecule has 4 rings (SSSR count). The van der Waals surface area contributed by atoms with Gasteiger partial charge in [0, 0.05) is 28.9 Å². The summed E-state index contributed by atoms with van der Waals surface area (Å²) in [5.74, 6) is 0.0244. The number of rotatable bonds is 7. The van der Waals surface area contributed by atoms with Crippen LogP contribution in [0.15, 0.2) is 76.3 Å². The number of nitrogens with zero attached hydrogens (tertiary/aromatic N) is 2. The second-order valence-corrected chi connectivity index (χ2v) is 7.46. The number of carbonyl (C=O) groups is 1. The van der Waals surface area contributed by atoms with E-state index in [4.69, 9.17) is 9.52 Å². The Hall–Kier alpha value is -3.60. The predicted octanol–water partition coefficient (Wildman–Crippen LogP) is 6.24. The molecule has 1 N–H and O–H groups in total. The molecule has 4 aromatic rings. The van der Waals surface area contributed by atoms with Gasteiger partial charge in [-0.05, 0) is 48.2 Å². The molecule has 152 valence electrons. The number of hydrogen-bond acceptors (Lipinski definition) is 3. The Labute approximate surface area is 175 Å². The van der Waals surface area contributed by atoms with Crippen LogP contribution in [-0.4, -0.2) is 21.9 Å². The lowest BCUT2D eigenvalue weighted by Crippen LogP contribution is -1.97. The number of aromatic nitrogens is 1.